The lowest BCUT2D eigenvalue weighted by Crippen LogP contribution is -2.38. The fourth-order valence-corrected chi connectivity index (χ4v) is 6.15. The molecule has 0 atom stereocenters. The summed E-state index contributed by atoms with van der Waals surface area (Å²) in [5.41, 5.74) is 13.9. The second kappa shape index (κ2) is 14.8. The number of nitrogens with two attached hydrogens (primary N) is 2. The van der Waals surface area contributed by atoms with Crippen molar-refractivity contribution in [1.82, 2.24) is 4.57 Å². The van der Waals surface area contributed by atoms with Gasteiger partial charge < -0.3 is 21.7 Å². The maximum absolute atomic E-state index is 10.3. The number of azo groups is 2. The van der Waals surface area contributed by atoms with E-state index in [0.717, 1.165) is 72.2 Å². The number of pyridine rings is 2. The van der Waals surface area contributed by atoms with E-state index < -0.39 is 0 Å². The van der Waals surface area contributed by atoms with Gasteiger partial charge in [-0.3, -0.25) is 0 Å². The number of benzene rings is 4. The number of aromatic hydroxyl groups is 2. The quantitative estimate of drug-likeness (QED) is 0.0464. The van der Waals surface area contributed by atoms with E-state index in [9.17, 15) is 10.2 Å². The molecule has 51 heavy (non-hydrogen) atoms. The molecule has 6 N–H and O–H groups in total. The van der Waals surface area contributed by atoms with E-state index in [1.54, 1.807) is 12.1 Å². The lowest BCUT2D eigenvalue weighted by atomic mass is 10.1. The van der Waals surface area contributed by atoms with Crippen molar-refractivity contribution in [3.63, 3.8) is 0 Å². The van der Waals surface area contributed by atoms with Crippen LogP contribution in [0.5, 0.6) is 11.5 Å². The van der Waals surface area contributed by atoms with Crippen LogP contribution in [0.2, 0.25) is 0 Å². The van der Waals surface area contributed by atoms with E-state index in [1.165, 1.54) is 0 Å². The number of aromatic nitrogens is 4. The molecule has 0 saturated heterocycles. The SMILES string of the molecule is Nc1c(O)cc(/N=N/c2cccc[n+]2CCCn2cc[n+](CCC[n+]3ccccc3/N=N/c3cc(O)c(N)c4ccccc34)c2)c2ccccc12. The van der Waals surface area contributed by atoms with Crippen molar-refractivity contribution in [2.24, 2.45) is 20.5 Å². The Morgan fingerprint density at radius 3 is 1.59 bits per heavy atom. The van der Waals surface area contributed by atoms with E-state index in [0.29, 0.717) is 22.7 Å². The highest BCUT2D eigenvalue weighted by Crippen LogP contribution is 2.38. The van der Waals surface area contributed by atoms with Gasteiger partial charge in [0.15, 0.2) is 0 Å². The van der Waals surface area contributed by atoms with Crippen molar-refractivity contribution in [2.75, 3.05) is 11.5 Å². The van der Waals surface area contributed by atoms with Crippen LogP contribution >= 0.6 is 0 Å². The van der Waals surface area contributed by atoms with E-state index >= 15 is 0 Å². The van der Waals surface area contributed by atoms with E-state index in [1.807, 2.05) is 97.3 Å². The van der Waals surface area contributed by atoms with Crippen molar-refractivity contribution in [2.45, 2.75) is 39.0 Å². The predicted octanol–water partition coefficient (Wildman–Crippen LogP) is 7.24. The minimum absolute atomic E-state index is 0.00974. The van der Waals surface area contributed by atoms with Crippen LogP contribution in [0.4, 0.5) is 34.4 Å². The second-order valence-corrected chi connectivity index (χ2v) is 12.2. The van der Waals surface area contributed by atoms with E-state index in [-0.39, 0.29) is 11.5 Å². The van der Waals surface area contributed by atoms with Gasteiger partial charge in [-0.2, -0.15) is 0 Å². The van der Waals surface area contributed by atoms with Crippen LogP contribution in [0.25, 0.3) is 21.5 Å². The van der Waals surface area contributed by atoms with Gasteiger partial charge in [0.25, 0.3) is 0 Å². The van der Waals surface area contributed by atoms with Gasteiger partial charge in [-0.05, 0) is 22.4 Å². The molecule has 0 bridgehead atoms. The Labute approximate surface area is 294 Å². The van der Waals surface area contributed by atoms with Gasteiger partial charge >= 0.3 is 11.6 Å². The topological polar surface area (TPSA) is 159 Å². The summed E-state index contributed by atoms with van der Waals surface area (Å²) in [6.45, 7) is 3.20. The molecule has 3 aromatic heterocycles. The summed E-state index contributed by atoms with van der Waals surface area (Å²) in [7, 11) is 0. The Morgan fingerprint density at radius 2 is 1.04 bits per heavy atom. The summed E-state index contributed by atoms with van der Waals surface area (Å²) in [5.74, 6) is 1.42. The summed E-state index contributed by atoms with van der Waals surface area (Å²) in [6.07, 6.45) is 12.1. The number of hydrogen-bond acceptors (Lipinski definition) is 8. The first-order valence-corrected chi connectivity index (χ1v) is 16.8. The van der Waals surface area contributed by atoms with Crippen LogP contribution in [0.15, 0.2) is 149 Å². The van der Waals surface area contributed by atoms with Crippen LogP contribution in [0.3, 0.4) is 0 Å². The van der Waals surface area contributed by atoms with E-state index in [4.69, 9.17) is 11.5 Å². The number of rotatable bonds is 12. The van der Waals surface area contributed by atoms with Gasteiger partial charge in [-0.15, -0.1) is 0 Å². The molecular formula is C39H39N10O2+3. The fraction of sp³-hybridized carbons (Fsp3) is 0.154. The Bertz CT molecular complexity index is 2240. The Hall–Kier alpha value is -6.69. The van der Waals surface area contributed by atoms with Gasteiger partial charge in [0, 0.05) is 58.7 Å². The van der Waals surface area contributed by atoms with Crippen LogP contribution < -0.4 is 25.2 Å². The highest BCUT2D eigenvalue weighted by molar-refractivity contribution is 6.03. The summed E-state index contributed by atoms with van der Waals surface area (Å²) in [6, 6.07) is 29.9. The molecule has 3 heterocycles. The zero-order valence-electron chi connectivity index (χ0n) is 28.0. The van der Waals surface area contributed by atoms with Crippen molar-refractivity contribution < 1.29 is 23.9 Å². The van der Waals surface area contributed by atoms with Crippen LogP contribution in [0, 0.1) is 0 Å². The predicted molar refractivity (Wildman–Crippen MR) is 196 cm³/mol. The number of anilines is 2. The van der Waals surface area contributed by atoms with Crippen molar-refractivity contribution >= 4 is 55.9 Å². The molecule has 0 amide bonds. The standard InChI is InChI=1S/C39H36N10O2/c40-38-30-13-3-1-11-28(30)32(25-34(38)50)42-44-36-15-5-7-19-48(36)21-9-17-46-23-24-47(27-46)18-10-22-49-20-8-6-16-37(49)45-43-33-26-35(51)39(41)31-14-4-2-12-29(31)33/h1-8,11-16,19-20,23-27,40-41H,9-10,17-18,21-22H2,(H-,42,43,50,51)/p+3. The number of imidazole rings is 1. The van der Waals surface area contributed by atoms with Crippen molar-refractivity contribution in [3.05, 3.63) is 128 Å². The molecule has 7 rings (SSSR count). The molecule has 0 spiro atoms. The van der Waals surface area contributed by atoms with Crippen LogP contribution in [-0.4, -0.2) is 14.8 Å². The molecular weight excluding hydrogens is 640 g/mol. The zero-order valence-corrected chi connectivity index (χ0v) is 28.0. The number of hydrogen-bond donors (Lipinski definition) is 4. The average molecular weight is 680 g/mol. The van der Waals surface area contributed by atoms with Gasteiger partial charge in [0.2, 0.25) is 6.33 Å². The van der Waals surface area contributed by atoms with Gasteiger partial charge in [-0.25, -0.2) is 18.3 Å². The van der Waals surface area contributed by atoms with Crippen molar-refractivity contribution in [1.29, 1.82) is 0 Å². The third kappa shape index (κ3) is 7.35. The summed E-state index contributed by atoms with van der Waals surface area (Å²) < 4.78 is 8.53. The fourth-order valence-electron chi connectivity index (χ4n) is 6.15. The maximum Gasteiger partial charge on any atom is 0.350 e. The Balaban J connectivity index is 0.945. The molecule has 12 heteroatoms. The number of phenols is 2. The molecule has 254 valence electrons. The average Bonchev–Trinajstić information content (AvgIpc) is 3.61. The Morgan fingerprint density at radius 1 is 0.549 bits per heavy atom. The van der Waals surface area contributed by atoms with Gasteiger partial charge in [0.1, 0.15) is 35.3 Å². The molecule has 4 aromatic carbocycles. The van der Waals surface area contributed by atoms with Gasteiger partial charge in [0.05, 0.1) is 60.2 Å². The summed E-state index contributed by atoms with van der Waals surface area (Å²) >= 11 is 0. The van der Waals surface area contributed by atoms with E-state index in [2.05, 4.69) is 57.4 Å². The molecule has 0 unspecified atom stereocenters. The third-order valence-corrected chi connectivity index (χ3v) is 8.82. The number of nitrogens with zero attached hydrogens (tertiary/aromatic N) is 8. The molecule has 0 aliphatic heterocycles. The summed E-state index contributed by atoms with van der Waals surface area (Å²) in [5, 5.41) is 41.9. The van der Waals surface area contributed by atoms with Crippen LogP contribution in [-0.2, 0) is 26.2 Å². The third-order valence-electron chi connectivity index (χ3n) is 8.82. The minimum atomic E-state index is -0.00974. The largest absolute Gasteiger partial charge is 0.506 e. The Kier molecular flexibility index (Phi) is 9.55. The number of fused-ring (bicyclic) bond motifs is 2. The van der Waals surface area contributed by atoms with Crippen molar-refractivity contribution in [3.8, 4) is 11.5 Å². The minimum Gasteiger partial charge on any atom is -0.506 e. The highest BCUT2D eigenvalue weighted by atomic mass is 16.3. The molecule has 12 nitrogen and oxygen atoms in total. The first-order valence-electron chi connectivity index (χ1n) is 16.8. The first kappa shape index (κ1) is 32.8. The molecule has 0 radical (unpaired) electrons. The smallest absolute Gasteiger partial charge is 0.350 e. The molecule has 7 aromatic rings. The molecule has 0 aliphatic rings. The number of nitrogen functional groups attached to an aromatic ring is 2. The molecule has 0 aliphatic carbocycles. The zero-order chi connectivity index (χ0) is 35.2. The van der Waals surface area contributed by atoms with Crippen LogP contribution in [0.1, 0.15) is 12.8 Å². The number of phenolic OH excluding ortho intramolecular Hbond substituents is 2. The monoisotopic (exact) mass is 679 g/mol. The molecule has 0 saturated carbocycles. The summed E-state index contributed by atoms with van der Waals surface area (Å²) in [4.78, 5) is 0. The first-order chi connectivity index (χ1) is 24.9. The van der Waals surface area contributed by atoms with Gasteiger partial charge in [-0.1, -0.05) is 60.7 Å². The lowest BCUT2D eigenvalue weighted by Gasteiger charge is -2.05. The normalized spacial score (nSPS) is 11.8. The highest BCUT2D eigenvalue weighted by Gasteiger charge is 2.15. The molecule has 0 fully saturated rings. The lowest BCUT2D eigenvalue weighted by molar-refractivity contribution is -0.721. The second-order valence-electron chi connectivity index (χ2n) is 12.2. The maximum atomic E-state index is 10.3. The number of aryl methyl sites for hydroxylation is 4.